The second kappa shape index (κ2) is 10.9. The van der Waals surface area contributed by atoms with Crippen LogP contribution in [0.4, 0.5) is 4.79 Å². The smallest absolute Gasteiger partial charge is 0.315 e. The number of hydrogen-bond acceptors (Lipinski definition) is 4. The predicted octanol–water partition coefficient (Wildman–Crippen LogP) is 0.860. The fraction of sp³-hybridized carbons (Fsp3) is 0.812. The van der Waals surface area contributed by atoms with Gasteiger partial charge in [-0.3, -0.25) is 9.59 Å². The topological polar surface area (TPSA) is 117 Å². The lowest BCUT2D eigenvalue weighted by molar-refractivity contribution is -0.137. The van der Waals surface area contributed by atoms with E-state index in [0.717, 1.165) is 12.8 Å². The number of carboxylic acid groups (broad SMARTS) is 1. The van der Waals surface area contributed by atoms with Crippen LogP contribution in [0.2, 0.25) is 0 Å². The molecule has 1 saturated carbocycles. The molecule has 24 heavy (non-hydrogen) atoms. The molecule has 1 aliphatic carbocycles. The number of amides is 3. The van der Waals surface area contributed by atoms with E-state index in [0.29, 0.717) is 12.5 Å². The van der Waals surface area contributed by atoms with Crippen molar-refractivity contribution < 1.29 is 24.2 Å². The highest BCUT2D eigenvalue weighted by molar-refractivity contribution is 5.87. The quantitative estimate of drug-likeness (QED) is 0.495. The van der Waals surface area contributed by atoms with Crippen LogP contribution in [-0.2, 0) is 14.3 Å². The molecule has 0 bridgehead atoms. The second-order valence-electron chi connectivity index (χ2n) is 6.18. The Morgan fingerprint density at radius 2 is 1.88 bits per heavy atom. The molecule has 0 aromatic heterocycles. The van der Waals surface area contributed by atoms with Gasteiger partial charge in [0, 0.05) is 20.2 Å². The van der Waals surface area contributed by atoms with Gasteiger partial charge in [0.05, 0.1) is 12.5 Å². The van der Waals surface area contributed by atoms with Crippen LogP contribution in [0.5, 0.6) is 0 Å². The minimum Gasteiger partial charge on any atom is -0.481 e. The summed E-state index contributed by atoms with van der Waals surface area (Å²) in [5, 5.41) is 16.1. The maximum absolute atomic E-state index is 12.2. The number of rotatable bonds is 9. The summed E-state index contributed by atoms with van der Waals surface area (Å²) >= 11 is 0. The van der Waals surface area contributed by atoms with Gasteiger partial charge in [-0.1, -0.05) is 19.3 Å². The van der Waals surface area contributed by atoms with Gasteiger partial charge in [0.25, 0.3) is 0 Å². The van der Waals surface area contributed by atoms with Crippen molar-refractivity contribution in [2.24, 2.45) is 5.92 Å². The Bertz CT molecular complexity index is 424. The maximum Gasteiger partial charge on any atom is 0.315 e. The van der Waals surface area contributed by atoms with Crippen LogP contribution in [0, 0.1) is 5.92 Å². The van der Waals surface area contributed by atoms with Crippen LogP contribution >= 0.6 is 0 Å². The number of carbonyl (C=O) groups is 3. The van der Waals surface area contributed by atoms with E-state index in [9.17, 15) is 14.4 Å². The van der Waals surface area contributed by atoms with Gasteiger partial charge in [-0.2, -0.15) is 0 Å². The number of nitrogens with one attached hydrogen (secondary N) is 3. The van der Waals surface area contributed by atoms with Gasteiger partial charge in [-0.05, 0) is 25.7 Å². The van der Waals surface area contributed by atoms with Crippen molar-refractivity contribution in [1.29, 1.82) is 0 Å². The number of hydrogen-bond donors (Lipinski definition) is 4. The Balaban J connectivity index is 2.52. The number of aliphatic carboxylic acids is 1. The normalized spacial score (nSPS) is 17.6. The van der Waals surface area contributed by atoms with E-state index in [1.807, 2.05) is 0 Å². The lowest BCUT2D eigenvalue weighted by Crippen LogP contribution is -2.55. The lowest BCUT2D eigenvalue weighted by atomic mass is 9.90. The second-order valence-corrected chi connectivity index (χ2v) is 6.18. The average Bonchev–Trinajstić information content (AvgIpc) is 2.57. The zero-order chi connectivity index (χ0) is 17.9. The van der Waals surface area contributed by atoms with Crippen LogP contribution in [0.25, 0.3) is 0 Å². The lowest BCUT2D eigenvalue weighted by Gasteiger charge is -2.27. The first-order valence-electron chi connectivity index (χ1n) is 8.53. The van der Waals surface area contributed by atoms with E-state index in [1.54, 1.807) is 6.92 Å². The molecule has 0 unspecified atom stereocenters. The van der Waals surface area contributed by atoms with E-state index in [4.69, 9.17) is 9.84 Å². The maximum atomic E-state index is 12.2. The van der Waals surface area contributed by atoms with E-state index in [2.05, 4.69) is 16.0 Å². The SMILES string of the molecule is CNC(=O)N[C@H](C(=O)NCCC(=O)O)[C@@H](C)OCC1CCCCC1. The Kier molecular flexibility index (Phi) is 9.14. The molecule has 0 saturated heterocycles. The molecule has 8 nitrogen and oxygen atoms in total. The zero-order valence-electron chi connectivity index (χ0n) is 14.5. The Morgan fingerprint density at radius 3 is 2.46 bits per heavy atom. The number of carbonyl (C=O) groups excluding carboxylic acids is 2. The highest BCUT2D eigenvalue weighted by Crippen LogP contribution is 2.24. The Morgan fingerprint density at radius 1 is 1.21 bits per heavy atom. The Labute approximate surface area is 142 Å². The van der Waals surface area contributed by atoms with Gasteiger partial charge >= 0.3 is 12.0 Å². The first kappa shape index (κ1) is 20.2. The first-order valence-corrected chi connectivity index (χ1v) is 8.53. The summed E-state index contributed by atoms with van der Waals surface area (Å²) in [4.78, 5) is 34.3. The van der Waals surface area contributed by atoms with Crippen molar-refractivity contribution in [1.82, 2.24) is 16.0 Å². The Hall–Kier alpha value is -1.83. The molecular weight excluding hydrogens is 314 g/mol. The van der Waals surface area contributed by atoms with Crippen LogP contribution in [0.15, 0.2) is 0 Å². The molecule has 0 aromatic rings. The first-order chi connectivity index (χ1) is 11.4. The van der Waals surface area contributed by atoms with Crippen LogP contribution in [0.3, 0.4) is 0 Å². The van der Waals surface area contributed by atoms with E-state index in [-0.39, 0.29) is 13.0 Å². The van der Waals surface area contributed by atoms with Gasteiger partial charge in [0.2, 0.25) is 5.91 Å². The fourth-order valence-electron chi connectivity index (χ4n) is 2.75. The molecule has 2 atom stereocenters. The van der Waals surface area contributed by atoms with Gasteiger partial charge in [-0.15, -0.1) is 0 Å². The van der Waals surface area contributed by atoms with E-state index >= 15 is 0 Å². The third-order valence-electron chi connectivity index (χ3n) is 4.22. The predicted molar refractivity (Wildman–Crippen MR) is 88.6 cm³/mol. The van der Waals surface area contributed by atoms with Crippen molar-refractivity contribution in [3.05, 3.63) is 0 Å². The molecule has 1 aliphatic rings. The van der Waals surface area contributed by atoms with Gasteiger partial charge in [0.15, 0.2) is 0 Å². The van der Waals surface area contributed by atoms with Crippen LogP contribution in [0.1, 0.15) is 45.4 Å². The minimum absolute atomic E-state index is 0.00936. The molecule has 1 rings (SSSR count). The molecule has 0 heterocycles. The molecule has 0 spiro atoms. The largest absolute Gasteiger partial charge is 0.481 e. The van der Waals surface area contributed by atoms with Crippen molar-refractivity contribution in [2.75, 3.05) is 20.2 Å². The average molecular weight is 343 g/mol. The molecule has 138 valence electrons. The number of carboxylic acids is 1. The summed E-state index contributed by atoms with van der Waals surface area (Å²) in [7, 11) is 1.46. The molecule has 0 aromatic carbocycles. The molecule has 8 heteroatoms. The molecule has 3 amide bonds. The van der Waals surface area contributed by atoms with Crippen molar-refractivity contribution in [3.63, 3.8) is 0 Å². The van der Waals surface area contributed by atoms with Gasteiger partial charge in [-0.25, -0.2) is 4.79 Å². The number of ether oxygens (including phenoxy) is 1. The summed E-state index contributed by atoms with van der Waals surface area (Å²) in [5.41, 5.74) is 0. The summed E-state index contributed by atoms with van der Waals surface area (Å²) in [5.74, 6) is -0.944. The summed E-state index contributed by atoms with van der Waals surface area (Å²) in [6.07, 6.45) is 5.26. The van der Waals surface area contributed by atoms with Crippen LogP contribution < -0.4 is 16.0 Å². The zero-order valence-corrected chi connectivity index (χ0v) is 14.5. The monoisotopic (exact) mass is 343 g/mol. The van der Waals surface area contributed by atoms with Gasteiger partial charge in [0.1, 0.15) is 6.04 Å². The standard InChI is InChI=1S/C16H29N3O5/c1-11(24-10-12-6-4-3-5-7-12)14(19-16(23)17-2)15(22)18-9-8-13(20)21/h11-12,14H,3-10H2,1-2H3,(H,18,22)(H,20,21)(H2,17,19,23)/t11-,14+/m1/s1. The summed E-state index contributed by atoms with van der Waals surface area (Å²) in [6.45, 7) is 2.31. The van der Waals surface area contributed by atoms with Gasteiger partial charge < -0.3 is 25.8 Å². The molecule has 0 radical (unpaired) electrons. The summed E-state index contributed by atoms with van der Waals surface area (Å²) in [6, 6.07) is -1.36. The minimum atomic E-state index is -0.993. The van der Waals surface area contributed by atoms with Crippen molar-refractivity contribution in [3.8, 4) is 0 Å². The highest BCUT2D eigenvalue weighted by atomic mass is 16.5. The molecule has 4 N–H and O–H groups in total. The van der Waals surface area contributed by atoms with Crippen molar-refractivity contribution in [2.45, 2.75) is 57.6 Å². The van der Waals surface area contributed by atoms with E-state index in [1.165, 1.54) is 26.3 Å². The summed E-state index contributed by atoms with van der Waals surface area (Å²) < 4.78 is 5.82. The number of urea groups is 1. The van der Waals surface area contributed by atoms with Crippen molar-refractivity contribution >= 4 is 17.9 Å². The third-order valence-corrected chi connectivity index (χ3v) is 4.22. The molecule has 1 fully saturated rings. The highest BCUT2D eigenvalue weighted by Gasteiger charge is 2.28. The van der Waals surface area contributed by atoms with E-state index < -0.39 is 30.1 Å². The third kappa shape index (κ3) is 7.63. The fourth-order valence-corrected chi connectivity index (χ4v) is 2.75. The van der Waals surface area contributed by atoms with Crippen LogP contribution in [-0.4, -0.2) is 55.4 Å². The molecule has 0 aliphatic heterocycles. The molecular formula is C16H29N3O5.